The van der Waals surface area contributed by atoms with E-state index in [1.807, 2.05) is 13.8 Å². The molecule has 0 amide bonds. The highest BCUT2D eigenvalue weighted by molar-refractivity contribution is 7.89. The first-order valence-corrected chi connectivity index (χ1v) is 9.24. The summed E-state index contributed by atoms with van der Waals surface area (Å²) in [6.45, 7) is 6.04. The Kier molecular flexibility index (Phi) is 7.62. The Morgan fingerprint density at radius 3 is 2.67 bits per heavy atom. The molecule has 0 aromatic heterocycles. The van der Waals surface area contributed by atoms with E-state index >= 15 is 0 Å². The molecule has 1 heterocycles. The number of hydrogen-bond donors (Lipinski definition) is 1. The molecule has 1 saturated heterocycles. The number of esters is 1. The minimum atomic E-state index is -3.32. The van der Waals surface area contributed by atoms with Gasteiger partial charge in [0.25, 0.3) is 0 Å². The number of nitrogens with one attached hydrogen (secondary N) is 1. The molecule has 0 bridgehead atoms. The second kappa shape index (κ2) is 8.70. The van der Waals surface area contributed by atoms with E-state index in [4.69, 9.17) is 0 Å². The molecule has 1 atom stereocenters. The van der Waals surface area contributed by atoms with Gasteiger partial charge in [-0.25, -0.2) is 12.7 Å². The van der Waals surface area contributed by atoms with E-state index in [1.54, 1.807) is 4.31 Å². The van der Waals surface area contributed by atoms with Crippen LogP contribution in [0.3, 0.4) is 0 Å². The molecule has 0 radical (unpaired) electrons. The molecular weight excluding hydrogens is 292 g/mol. The van der Waals surface area contributed by atoms with Crippen LogP contribution in [0.25, 0.3) is 0 Å². The van der Waals surface area contributed by atoms with E-state index in [2.05, 4.69) is 10.1 Å². The second-order valence-corrected chi connectivity index (χ2v) is 8.09. The minimum Gasteiger partial charge on any atom is -0.469 e. The van der Waals surface area contributed by atoms with E-state index in [1.165, 1.54) is 7.11 Å². The Bertz CT molecular complexity index is 417. The lowest BCUT2D eigenvalue weighted by atomic mass is 10.2. The topological polar surface area (TPSA) is 75.7 Å². The molecule has 1 unspecified atom stereocenters. The van der Waals surface area contributed by atoms with Crippen LogP contribution in [0, 0.1) is 5.92 Å². The van der Waals surface area contributed by atoms with Crippen molar-refractivity contribution in [2.75, 3.05) is 32.5 Å². The first kappa shape index (κ1) is 18.4. The van der Waals surface area contributed by atoms with Crippen LogP contribution in [0.5, 0.6) is 0 Å². The molecular formula is C14H28N2O4S. The number of nitrogens with zero attached hydrogens (tertiary/aromatic N) is 1. The van der Waals surface area contributed by atoms with E-state index in [9.17, 15) is 13.2 Å². The summed E-state index contributed by atoms with van der Waals surface area (Å²) in [5.41, 5.74) is 0. The molecule has 0 saturated carbocycles. The van der Waals surface area contributed by atoms with Crippen LogP contribution in [0.15, 0.2) is 0 Å². The molecule has 1 rings (SSSR count). The summed E-state index contributed by atoms with van der Waals surface area (Å²) in [7, 11) is -2.01. The predicted octanol–water partition coefficient (Wildman–Crippen LogP) is 0.979. The van der Waals surface area contributed by atoms with Crippen molar-refractivity contribution in [2.45, 2.75) is 45.6 Å². The smallest absolute Gasteiger partial charge is 0.305 e. The molecule has 0 aromatic carbocycles. The van der Waals surface area contributed by atoms with Crippen molar-refractivity contribution in [3.8, 4) is 0 Å². The normalized spacial score (nSPS) is 19.4. The van der Waals surface area contributed by atoms with E-state index in [0.29, 0.717) is 19.5 Å². The summed E-state index contributed by atoms with van der Waals surface area (Å²) in [5, 5.41) is 3.34. The van der Waals surface area contributed by atoms with E-state index < -0.39 is 10.0 Å². The summed E-state index contributed by atoms with van der Waals surface area (Å²) < 4.78 is 31.1. The number of rotatable bonds is 9. The molecule has 0 aliphatic carbocycles. The fraction of sp³-hybridized carbons (Fsp3) is 0.929. The molecule has 1 N–H and O–H groups in total. The van der Waals surface area contributed by atoms with Crippen molar-refractivity contribution < 1.29 is 17.9 Å². The molecule has 0 aromatic rings. The van der Waals surface area contributed by atoms with Gasteiger partial charge in [0.1, 0.15) is 0 Å². The molecule has 21 heavy (non-hydrogen) atoms. The van der Waals surface area contributed by atoms with Crippen LogP contribution in [0.2, 0.25) is 0 Å². The minimum absolute atomic E-state index is 0.00153. The number of ether oxygens (including phenoxy) is 1. The zero-order chi connectivity index (χ0) is 15.9. The lowest BCUT2D eigenvalue weighted by Crippen LogP contribution is -2.43. The number of carbonyl (C=O) groups excluding carboxylic acids is 1. The first-order chi connectivity index (χ1) is 9.85. The van der Waals surface area contributed by atoms with Crippen molar-refractivity contribution in [3.63, 3.8) is 0 Å². The monoisotopic (exact) mass is 320 g/mol. The molecule has 124 valence electrons. The maximum absolute atomic E-state index is 12.5. The Balaban J connectivity index is 2.58. The SMILES string of the molecule is COC(=O)CCCS(=O)(=O)N(CC(C)C)CC1CCCN1. The third-order valence-corrected chi connectivity index (χ3v) is 5.45. The van der Waals surface area contributed by atoms with Gasteiger partial charge in [-0.2, -0.15) is 0 Å². The number of methoxy groups -OCH3 is 1. The molecule has 0 spiro atoms. The zero-order valence-electron chi connectivity index (χ0n) is 13.3. The highest BCUT2D eigenvalue weighted by Crippen LogP contribution is 2.14. The summed E-state index contributed by atoms with van der Waals surface area (Å²) in [4.78, 5) is 11.1. The highest BCUT2D eigenvalue weighted by Gasteiger charge is 2.27. The van der Waals surface area contributed by atoms with Gasteiger partial charge in [-0.15, -0.1) is 0 Å². The van der Waals surface area contributed by atoms with Crippen LogP contribution in [-0.4, -0.2) is 57.2 Å². The third-order valence-electron chi connectivity index (χ3n) is 3.56. The van der Waals surface area contributed by atoms with Gasteiger partial charge in [0.05, 0.1) is 12.9 Å². The highest BCUT2D eigenvalue weighted by atomic mass is 32.2. The average Bonchev–Trinajstić information content (AvgIpc) is 2.90. The van der Waals surface area contributed by atoms with Crippen molar-refractivity contribution >= 4 is 16.0 Å². The van der Waals surface area contributed by atoms with Crippen LogP contribution >= 0.6 is 0 Å². The Morgan fingerprint density at radius 1 is 1.43 bits per heavy atom. The maximum Gasteiger partial charge on any atom is 0.305 e. The van der Waals surface area contributed by atoms with Crippen LogP contribution in [-0.2, 0) is 19.6 Å². The first-order valence-electron chi connectivity index (χ1n) is 7.63. The maximum atomic E-state index is 12.5. The number of carbonyl (C=O) groups is 1. The molecule has 1 aliphatic heterocycles. The Hall–Kier alpha value is -0.660. The zero-order valence-corrected chi connectivity index (χ0v) is 14.1. The lowest BCUT2D eigenvalue weighted by molar-refractivity contribution is -0.140. The number of hydrogen-bond acceptors (Lipinski definition) is 5. The van der Waals surface area contributed by atoms with Crippen LogP contribution in [0.1, 0.15) is 39.5 Å². The fourth-order valence-electron chi connectivity index (χ4n) is 2.50. The van der Waals surface area contributed by atoms with Gasteiger partial charge >= 0.3 is 5.97 Å². The summed E-state index contributed by atoms with van der Waals surface area (Å²) in [6.07, 6.45) is 2.57. The predicted molar refractivity (Wildman–Crippen MR) is 82.5 cm³/mol. The van der Waals surface area contributed by atoms with Gasteiger partial charge < -0.3 is 10.1 Å². The molecule has 7 heteroatoms. The van der Waals surface area contributed by atoms with Crippen molar-refractivity contribution in [3.05, 3.63) is 0 Å². The average molecular weight is 320 g/mol. The van der Waals surface area contributed by atoms with Gasteiger partial charge in [0.15, 0.2) is 0 Å². The summed E-state index contributed by atoms with van der Waals surface area (Å²) >= 11 is 0. The summed E-state index contributed by atoms with van der Waals surface area (Å²) in [5.74, 6) is -0.0819. The van der Waals surface area contributed by atoms with Gasteiger partial charge in [-0.3, -0.25) is 4.79 Å². The van der Waals surface area contributed by atoms with Crippen molar-refractivity contribution in [1.29, 1.82) is 0 Å². The van der Waals surface area contributed by atoms with E-state index in [0.717, 1.165) is 19.4 Å². The van der Waals surface area contributed by atoms with Crippen LogP contribution < -0.4 is 5.32 Å². The molecule has 1 fully saturated rings. The van der Waals surface area contributed by atoms with Crippen molar-refractivity contribution in [2.24, 2.45) is 5.92 Å². The Morgan fingerprint density at radius 2 is 2.14 bits per heavy atom. The fourth-order valence-corrected chi connectivity index (χ4v) is 4.20. The van der Waals surface area contributed by atoms with Crippen LogP contribution in [0.4, 0.5) is 0 Å². The molecule has 1 aliphatic rings. The Labute approximate surface area is 128 Å². The van der Waals surface area contributed by atoms with Gasteiger partial charge in [0, 0.05) is 25.6 Å². The standard InChI is InChI=1S/C14H28N2O4S/c1-12(2)10-16(11-13-6-4-8-15-13)21(18,19)9-5-7-14(17)20-3/h12-13,15H,4-11H2,1-3H3. The van der Waals surface area contributed by atoms with Crippen molar-refractivity contribution in [1.82, 2.24) is 9.62 Å². The van der Waals surface area contributed by atoms with Gasteiger partial charge in [0.2, 0.25) is 10.0 Å². The lowest BCUT2D eigenvalue weighted by Gasteiger charge is -2.26. The molecule has 6 nitrogen and oxygen atoms in total. The largest absolute Gasteiger partial charge is 0.469 e. The van der Waals surface area contributed by atoms with Gasteiger partial charge in [-0.05, 0) is 31.7 Å². The third kappa shape index (κ3) is 6.76. The summed E-state index contributed by atoms with van der Waals surface area (Å²) in [6, 6.07) is 0.249. The number of sulfonamides is 1. The van der Waals surface area contributed by atoms with Gasteiger partial charge in [-0.1, -0.05) is 13.8 Å². The second-order valence-electron chi connectivity index (χ2n) is 6.00. The quantitative estimate of drug-likeness (QED) is 0.641. The van der Waals surface area contributed by atoms with E-state index in [-0.39, 0.29) is 30.1 Å².